The van der Waals surface area contributed by atoms with Crippen LogP contribution in [-0.4, -0.2) is 56.0 Å². The highest BCUT2D eigenvalue weighted by Crippen LogP contribution is 2.22. The third-order valence-electron chi connectivity index (χ3n) is 6.27. The number of aromatic nitrogens is 4. The van der Waals surface area contributed by atoms with E-state index in [1.54, 1.807) is 6.33 Å². The first-order valence-electron chi connectivity index (χ1n) is 11.8. The summed E-state index contributed by atoms with van der Waals surface area (Å²) in [6, 6.07) is 19.6. The predicted octanol–water partition coefficient (Wildman–Crippen LogP) is 3.85. The number of hydrogen-bond donors (Lipinski definition) is 2. The zero-order valence-electron chi connectivity index (χ0n) is 19.1. The molecule has 174 valence electrons. The van der Waals surface area contributed by atoms with Crippen LogP contribution in [-0.2, 0) is 6.54 Å². The normalized spacial score (nSPS) is 14.8. The molecule has 0 saturated carbocycles. The second-order valence-corrected chi connectivity index (χ2v) is 8.63. The standard InChI is InChI=1S/C26H29N7O/c34-26(20-8-3-1-4-9-20)31-22-12-16-32(17-13-22)14-7-15-33-19-29-23-24(27-18-28-25(23)33)30-21-10-5-2-6-11-21/h1-6,8-11,18-19,22H,7,12-17H2,(H,31,34)(H,27,28,30). The Morgan fingerprint density at radius 3 is 2.41 bits per heavy atom. The number of hydrogen-bond acceptors (Lipinski definition) is 6. The number of amides is 1. The van der Waals surface area contributed by atoms with Gasteiger partial charge in [-0.15, -0.1) is 0 Å². The maximum absolute atomic E-state index is 12.4. The molecule has 0 bridgehead atoms. The number of nitrogens with one attached hydrogen (secondary N) is 2. The lowest BCUT2D eigenvalue weighted by Gasteiger charge is -2.32. The number of benzene rings is 2. The third-order valence-corrected chi connectivity index (χ3v) is 6.27. The van der Waals surface area contributed by atoms with Crippen LogP contribution in [0.4, 0.5) is 11.5 Å². The van der Waals surface area contributed by atoms with E-state index in [1.165, 1.54) is 0 Å². The minimum Gasteiger partial charge on any atom is -0.349 e. The molecule has 2 aromatic heterocycles. The molecule has 4 aromatic rings. The van der Waals surface area contributed by atoms with E-state index < -0.39 is 0 Å². The van der Waals surface area contributed by atoms with Gasteiger partial charge in [-0.1, -0.05) is 36.4 Å². The van der Waals surface area contributed by atoms with Crippen molar-refractivity contribution in [1.29, 1.82) is 0 Å². The van der Waals surface area contributed by atoms with Crippen molar-refractivity contribution in [2.75, 3.05) is 25.0 Å². The van der Waals surface area contributed by atoms with Crippen molar-refractivity contribution in [1.82, 2.24) is 29.7 Å². The van der Waals surface area contributed by atoms with Crippen LogP contribution >= 0.6 is 0 Å². The molecule has 0 aliphatic carbocycles. The number of likely N-dealkylation sites (tertiary alicyclic amines) is 1. The van der Waals surface area contributed by atoms with E-state index in [4.69, 9.17) is 0 Å². The van der Waals surface area contributed by atoms with Crippen LogP contribution in [0.3, 0.4) is 0 Å². The second kappa shape index (κ2) is 10.4. The molecule has 34 heavy (non-hydrogen) atoms. The Balaban J connectivity index is 1.10. The first-order valence-corrected chi connectivity index (χ1v) is 11.8. The average Bonchev–Trinajstić information content (AvgIpc) is 3.30. The summed E-state index contributed by atoms with van der Waals surface area (Å²) in [4.78, 5) is 28.3. The number of para-hydroxylation sites is 1. The van der Waals surface area contributed by atoms with Crippen LogP contribution in [0.15, 0.2) is 73.3 Å². The number of piperidine rings is 1. The quantitative estimate of drug-likeness (QED) is 0.420. The molecule has 0 unspecified atom stereocenters. The van der Waals surface area contributed by atoms with E-state index in [1.807, 2.05) is 67.0 Å². The predicted molar refractivity (Wildman–Crippen MR) is 133 cm³/mol. The summed E-state index contributed by atoms with van der Waals surface area (Å²) in [6.07, 6.45) is 6.40. The largest absolute Gasteiger partial charge is 0.349 e. The molecule has 8 heteroatoms. The summed E-state index contributed by atoms with van der Waals surface area (Å²) in [5.41, 5.74) is 3.32. The van der Waals surface area contributed by atoms with E-state index in [2.05, 4.69) is 35.1 Å². The lowest BCUT2D eigenvalue weighted by molar-refractivity contribution is 0.0910. The van der Waals surface area contributed by atoms with Crippen molar-refractivity contribution >= 4 is 28.6 Å². The van der Waals surface area contributed by atoms with Gasteiger partial charge in [0.2, 0.25) is 0 Å². The van der Waals surface area contributed by atoms with Crippen molar-refractivity contribution < 1.29 is 4.79 Å². The minimum atomic E-state index is 0.0224. The number of fused-ring (bicyclic) bond motifs is 1. The molecule has 1 saturated heterocycles. The molecule has 0 radical (unpaired) electrons. The fraction of sp³-hybridized carbons (Fsp3) is 0.308. The van der Waals surface area contributed by atoms with Gasteiger partial charge in [-0.05, 0) is 50.1 Å². The van der Waals surface area contributed by atoms with Crippen LogP contribution in [0.5, 0.6) is 0 Å². The maximum Gasteiger partial charge on any atom is 0.251 e. The molecule has 2 aromatic carbocycles. The third kappa shape index (κ3) is 5.23. The molecular formula is C26H29N7O. The summed E-state index contributed by atoms with van der Waals surface area (Å²) in [5, 5.41) is 6.51. The molecule has 2 N–H and O–H groups in total. The topological polar surface area (TPSA) is 88.0 Å². The Bertz CT molecular complexity index is 1220. The van der Waals surface area contributed by atoms with Gasteiger partial charge in [0, 0.05) is 36.9 Å². The first kappa shape index (κ1) is 22.0. The Labute approximate surface area is 199 Å². The lowest BCUT2D eigenvalue weighted by Crippen LogP contribution is -2.44. The highest BCUT2D eigenvalue weighted by Gasteiger charge is 2.21. The molecule has 1 fully saturated rings. The van der Waals surface area contributed by atoms with Gasteiger partial charge < -0.3 is 20.1 Å². The summed E-state index contributed by atoms with van der Waals surface area (Å²) < 4.78 is 2.10. The molecule has 1 amide bonds. The number of anilines is 2. The average molecular weight is 456 g/mol. The van der Waals surface area contributed by atoms with Gasteiger partial charge in [0.05, 0.1) is 6.33 Å². The summed E-state index contributed by atoms with van der Waals surface area (Å²) >= 11 is 0. The van der Waals surface area contributed by atoms with Gasteiger partial charge in [0.15, 0.2) is 17.0 Å². The van der Waals surface area contributed by atoms with E-state index >= 15 is 0 Å². The van der Waals surface area contributed by atoms with Gasteiger partial charge >= 0.3 is 0 Å². The fourth-order valence-corrected chi connectivity index (χ4v) is 4.42. The van der Waals surface area contributed by atoms with E-state index in [0.29, 0.717) is 0 Å². The number of imidazole rings is 1. The fourth-order valence-electron chi connectivity index (χ4n) is 4.42. The van der Waals surface area contributed by atoms with E-state index in [9.17, 15) is 4.79 Å². The van der Waals surface area contributed by atoms with E-state index in [-0.39, 0.29) is 11.9 Å². The Morgan fingerprint density at radius 1 is 0.912 bits per heavy atom. The van der Waals surface area contributed by atoms with Crippen LogP contribution in [0.25, 0.3) is 11.2 Å². The summed E-state index contributed by atoms with van der Waals surface area (Å²) in [7, 11) is 0. The molecule has 1 aliphatic rings. The van der Waals surface area contributed by atoms with Gasteiger partial charge in [0.1, 0.15) is 6.33 Å². The maximum atomic E-state index is 12.4. The second-order valence-electron chi connectivity index (χ2n) is 8.63. The zero-order valence-corrected chi connectivity index (χ0v) is 19.1. The molecular weight excluding hydrogens is 426 g/mol. The van der Waals surface area contributed by atoms with Crippen molar-refractivity contribution in [2.24, 2.45) is 0 Å². The summed E-state index contributed by atoms with van der Waals surface area (Å²) in [6.45, 7) is 3.86. The van der Waals surface area contributed by atoms with Gasteiger partial charge in [-0.2, -0.15) is 0 Å². The van der Waals surface area contributed by atoms with Crippen molar-refractivity contribution in [3.8, 4) is 0 Å². The van der Waals surface area contributed by atoms with Gasteiger partial charge in [-0.25, -0.2) is 15.0 Å². The van der Waals surface area contributed by atoms with Gasteiger partial charge in [-0.3, -0.25) is 4.79 Å². The number of carbonyl (C=O) groups excluding carboxylic acids is 1. The molecule has 0 spiro atoms. The van der Waals surface area contributed by atoms with Crippen LogP contribution in [0.2, 0.25) is 0 Å². The smallest absolute Gasteiger partial charge is 0.251 e. The van der Waals surface area contributed by atoms with Crippen LogP contribution in [0.1, 0.15) is 29.6 Å². The molecule has 8 nitrogen and oxygen atoms in total. The zero-order chi connectivity index (χ0) is 23.2. The highest BCUT2D eigenvalue weighted by atomic mass is 16.1. The summed E-state index contributed by atoms with van der Waals surface area (Å²) in [5.74, 6) is 0.740. The highest BCUT2D eigenvalue weighted by molar-refractivity contribution is 5.94. The number of nitrogens with zero attached hydrogens (tertiary/aromatic N) is 5. The Hall–Kier alpha value is -3.78. The Morgan fingerprint density at radius 2 is 1.65 bits per heavy atom. The lowest BCUT2D eigenvalue weighted by atomic mass is 10.0. The van der Waals surface area contributed by atoms with Crippen LogP contribution < -0.4 is 10.6 Å². The molecule has 5 rings (SSSR count). The minimum absolute atomic E-state index is 0.0224. The SMILES string of the molecule is O=C(NC1CCN(CCCn2cnc3c(Nc4ccccc4)ncnc32)CC1)c1ccccc1. The van der Waals surface area contributed by atoms with E-state index in [0.717, 1.165) is 73.7 Å². The number of carbonyl (C=O) groups is 1. The van der Waals surface area contributed by atoms with Crippen LogP contribution in [0, 0.1) is 0 Å². The monoisotopic (exact) mass is 455 g/mol. The number of aryl methyl sites for hydroxylation is 1. The molecule has 3 heterocycles. The van der Waals surface area contributed by atoms with Crippen molar-refractivity contribution in [3.63, 3.8) is 0 Å². The molecule has 0 atom stereocenters. The molecule has 1 aliphatic heterocycles. The number of rotatable bonds is 8. The van der Waals surface area contributed by atoms with Crippen molar-refractivity contribution in [2.45, 2.75) is 31.8 Å². The van der Waals surface area contributed by atoms with Gasteiger partial charge in [0.25, 0.3) is 5.91 Å². The first-order chi connectivity index (χ1) is 16.8. The Kier molecular flexibility index (Phi) is 6.76. The van der Waals surface area contributed by atoms with Crippen molar-refractivity contribution in [3.05, 3.63) is 78.9 Å².